The van der Waals surface area contributed by atoms with Crippen molar-refractivity contribution in [1.82, 2.24) is 10.3 Å². The van der Waals surface area contributed by atoms with Crippen LogP contribution in [0.25, 0.3) is 0 Å². The van der Waals surface area contributed by atoms with Crippen LogP contribution in [-0.2, 0) is 6.42 Å². The van der Waals surface area contributed by atoms with Crippen LogP contribution >= 0.6 is 11.3 Å². The lowest BCUT2D eigenvalue weighted by atomic mass is 9.88. The monoisotopic (exact) mass is 284 g/mol. The van der Waals surface area contributed by atoms with Gasteiger partial charge < -0.3 is 10.4 Å². The van der Waals surface area contributed by atoms with Crippen molar-refractivity contribution in [1.29, 1.82) is 0 Å². The van der Waals surface area contributed by atoms with Crippen molar-refractivity contribution in [2.75, 3.05) is 6.61 Å². The van der Waals surface area contributed by atoms with E-state index in [0.717, 1.165) is 18.5 Å². The molecule has 0 saturated heterocycles. The van der Waals surface area contributed by atoms with E-state index in [9.17, 15) is 5.11 Å². The van der Waals surface area contributed by atoms with Gasteiger partial charge in [0.1, 0.15) is 0 Å². The number of aliphatic hydroxyl groups excluding tert-OH is 1. The van der Waals surface area contributed by atoms with Gasteiger partial charge in [-0.25, -0.2) is 4.98 Å². The van der Waals surface area contributed by atoms with Gasteiger partial charge in [-0.1, -0.05) is 27.7 Å². The largest absolute Gasteiger partial charge is 0.395 e. The molecule has 19 heavy (non-hydrogen) atoms. The van der Waals surface area contributed by atoms with Crippen molar-refractivity contribution < 1.29 is 5.11 Å². The zero-order valence-electron chi connectivity index (χ0n) is 13.1. The SMILES string of the molecule is CCc1nc(C)c(C(C)NC(CO)CC(C)(C)C)s1. The smallest absolute Gasteiger partial charge is 0.0928 e. The van der Waals surface area contributed by atoms with Crippen molar-refractivity contribution in [3.05, 3.63) is 15.6 Å². The van der Waals surface area contributed by atoms with Gasteiger partial charge in [-0.15, -0.1) is 11.3 Å². The summed E-state index contributed by atoms with van der Waals surface area (Å²) >= 11 is 1.78. The molecule has 1 aromatic rings. The highest BCUT2D eigenvalue weighted by atomic mass is 32.1. The third-order valence-corrected chi connectivity index (χ3v) is 4.62. The van der Waals surface area contributed by atoms with Crippen LogP contribution in [0.4, 0.5) is 0 Å². The standard InChI is InChI=1S/C15H28N2OS/c1-7-13-17-11(3)14(19-13)10(2)16-12(9-18)8-15(4,5)6/h10,12,16,18H,7-9H2,1-6H3. The Kier molecular flexibility index (Phi) is 5.96. The fourth-order valence-electron chi connectivity index (χ4n) is 2.36. The summed E-state index contributed by atoms with van der Waals surface area (Å²) in [5.74, 6) is 0. The first-order valence-electron chi connectivity index (χ1n) is 7.10. The molecule has 1 heterocycles. The molecule has 0 spiro atoms. The molecule has 0 aliphatic heterocycles. The second-order valence-electron chi connectivity index (χ2n) is 6.44. The van der Waals surface area contributed by atoms with Gasteiger partial charge >= 0.3 is 0 Å². The number of nitrogens with one attached hydrogen (secondary N) is 1. The molecule has 0 amide bonds. The summed E-state index contributed by atoms with van der Waals surface area (Å²) in [6, 6.07) is 0.388. The van der Waals surface area contributed by atoms with E-state index >= 15 is 0 Å². The second kappa shape index (κ2) is 6.82. The number of aryl methyl sites for hydroxylation is 2. The van der Waals surface area contributed by atoms with Gasteiger partial charge in [0.15, 0.2) is 0 Å². The van der Waals surface area contributed by atoms with Gasteiger partial charge in [-0.05, 0) is 32.1 Å². The summed E-state index contributed by atoms with van der Waals surface area (Å²) < 4.78 is 0. The number of hydrogen-bond donors (Lipinski definition) is 2. The quantitative estimate of drug-likeness (QED) is 0.841. The van der Waals surface area contributed by atoms with E-state index < -0.39 is 0 Å². The fourth-order valence-corrected chi connectivity index (χ4v) is 3.38. The molecule has 110 valence electrons. The summed E-state index contributed by atoms with van der Waals surface area (Å²) in [6.07, 6.45) is 1.95. The molecule has 0 aliphatic carbocycles. The summed E-state index contributed by atoms with van der Waals surface area (Å²) in [4.78, 5) is 5.87. The van der Waals surface area contributed by atoms with Crippen LogP contribution in [0.5, 0.6) is 0 Å². The molecule has 0 aromatic carbocycles. The third-order valence-electron chi connectivity index (χ3n) is 3.14. The Balaban J connectivity index is 2.71. The molecule has 0 bridgehead atoms. The van der Waals surface area contributed by atoms with Crippen LogP contribution in [0.1, 0.15) is 62.7 Å². The number of aromatic nitrogens is 1. The lowest BCUT2D eigenvalue weighted by Gasteiger charge is -2.28. The molecule has 2 atom stereocenters. The number of hydrogen-bond acceptors (Lipinski definition) is 4. The molecule has 0 fully saturated rings. The van der Waals surface area contributed by atoms with E-state index in [0.29, 0.717) is 0 Å². The van der Waals surface area contributed by atoms with Crippen LogP contribution in [0.3, 0.4) is 0 Å². The Bertz CT molecular complexity index is 395. The summed E-state index contributed by atoms with van der Waals surface area (Å²) in [7, 11) is 0. The van der Waals surface area contributed by atoms with Gasteiger partial charge in [0.25, 0.3) is 0 Å². The Hall–Kier alpha value is -0.450. The molecule has 4 heteroatoms. The van der Waals surface area contributed by atoms with Crippen molar-refractivity contribution in [3.8, 4) is 0 Å². The normalized spacial score (nSPS) is 15.5. The highest BCUT2D eigenvalue weighted by Gasteiger charge is 2.21. The zero-order valence-corrected chi connectivity index (χ0v) is 13.9. The topological polar surface area (TPSA) is 45.2 Å². The summed E-state index contributed by atoms with van der Waals surface area (Å²) in [5.41, 5.74) is 1.34. The third kappa shape index (κ3) is 5.21. The van der Waals surface area contributed by atoms with Gasteiger partial charge in [-0.2, -0.15) is 0 Å². The molecule has 0 radical (unpaired) electrons. The Morgan fingerprint density at radius 2 is 2.00 bits per heavy atom. The number of aliphatic hydroxyl groups is 1. The lowest BCUT2D eigenvalue weighted by molar-refractivity contribution is 0.190. The molecule has 0 aliphatic rings. The van der Waals surface area contributed by atoms with E-state index in [2.05, 4.69) is 51.8 Å². The maximum absolute atomic E-state index is 9.53. The molecule has 1 rings (SSSR count). The molecule has 3 nitrogen and oxygen atoms in total. The highest BCUT2D eigenvalue weighted by Crippen LogP contribution is 2.27. The molecule has 0 saturated carbocycles. The highest BCUT2D eigenvalue weighted by molar-refractivity contribution is 7.11. The molecular weight excluding hydrogens is 256 g/mol. The van der Waals surface area contributed by atoms with Crippen LogP contribution in [0, 0.1) is 12.3 Å². The Labute approximate surface area is 121 Å². The predicted molar refractivity (Wildman–Crippen MR) is 82.7 cm³/mol. The average molecular weight is 284 g/mol. The summed E-state index contributed by atoms with van der Waals surface area (Å²) in [6.45, 7) is 13.2. The van der Waals surface area contributed by atoms with Crippen LogP contribution in [-0.4, -0.2) is 22.7 Å². The molecule has 2 unspecified atom stereocenters. The zero-order chi connectivity index (χ0) is 14.6. The van der Waals surface area contributed by atoms with E-state index in [1.165, 1.54) is 9.88 Å². The van der Waals surface area contributed by atoms with E-state index in [1.807, 2.05) is 0 Å². The van der Waals surface area contributed by atoms with E-state index in [-0.39, 0.29) is 24.1 Å². The van der Waals surface area contributed by atoms with Gasteiger partial charge in [0.2, 0.25) is 0 Å². The van der Waals surface area contributed by atoms with Gasteiger partial charge in [-0.3, -0.25) is 0 Å². The number of rotatable bonds is 6. The van der Waals surface area contributed by atoms with Crippen LogP contribution < -0.4 is 5.32 Å². The van der Waals surface area contributed by atoms with Crippen LogP contribution in [0.15, 0.2) is 0 Å². The number of thiazole rings is 1. The van der Waals surface area contributed by atoms with Gasteiger partial charge in [0.05, 0.1) is 17.3 Å². The minimum atomic E-state index is 0.140. The van der Waals surface area contributed by atoms with Gasteiger partial charge in [0, 0.05) is 17.0 Å². The molecule has 1 aromatic heterocycles. The summed E-state index contributed by atoms with van der Waals surface area (Å²) in [5, 5.41) is 14.3. The molecule has 2 N–H and O–H groups in total. The average Bonchev–Trinajstić information content (AvgIpc) is 2.68. The van der Waals surface area contributed by atoms with Crippen molar-refractivity contribution in [3.63, 3.8) is 0 Å². The lowest BCUT2D eigenvalue weighted by Crippen LogP contribution is -2.37. The minimum absolute atomic E-state index is 0.140. The van der Waals surface area contributed by atoms with Crippen LogP contribution in [0.2, 0.25) is 0 Å². The maximum atomic E-state index is 9.53. The second-order valence-corrected chi connectivity index (χ2v) is 7.56. The first kappa shape index (κ1) is 16.6. The first-order valence-corrected chi connectivity index (χ1v) is 7.91. The first-order chi connectivity index (χ1) is 8.76. The van der Waals surface area contributed by atoms with E-state index in [1.54, 1.807) is 11.3 Å². The van der Waals surface area contributed by atoms with Crippen molar-refractivity contribution in [2.24, 2.45) is 5.41 Å². The fraction of sp³-hybridized carbons (Fsp3) is 0.800. The minimum Gasteiger partial charge on any atom is -0.395 e. The van der Waals surface area contributed by atoms with E-state index in [4.69, 9.17) is 0 Å². The molecular formula is C15H28N2OS. The maximum Gasteiger partial charge on any atom is 0.0928 e. The number of nitrogens with zero attached hydrogens (tertiary/aromatic N) is 1. The predicted octanol–water partition coefficient (Wildman–Crippen LogP) is 3.46. The van der Waals surface area contributed by atoms with Crippen molar-refractivity contribution >= 4 is 11.3 Å². The Morgan fingerprint density at radius 3 is 2.42 bits per heavy atom. The Morgan fingerprint density at radius 1 is 1.37 bits per heavy atom. The van der Waals surface area contributed by atoms with Crippen molar-refractivity contribution in [2.45, 2.75) is 66.5 Å².